The molecule has 2 heteroatoms. The Kier molecular flexibility index (Phi) is 83.9. The third-order valence-electron chi connectivity index (χ3n) is 0. The zero-order valence-electron chi connectivity index (χ0n) is 4.28. The van der Waals surface area contributed by atoms with E-state index in [-0.39, 0.29) is 25.0 Å². The predicted molar refractivity (Wildman–Crippen MR) is 20.7 cm³/mol. The van der Waals surface area contributed by atoms with E-state index in [0.717, 1.165) is 0 Å². The van der Waals surface area contributed by atoms with E-state index in [1.807, 2.05) is 20.3 Å². The molecular formula is C3H10LiN. The summed E-state index contributed by atoms with van der Waals surface area (Å²) in [6.45, 7) is 4.00. The van der Waals surface area contributed by atoms with Crippen LogP contribution < -0.4 is 25.0 Å². The Morgan fingerprint density at radius 3 is 1.20 bits per heavy atom. The summed E-state index contributed by atoms with van der Waals surface area (Å²) in [7, 11) is 0. The third-order valence-corrected chi connectivity index (χ3v) is 0. The molecule has 28 valence electrons. The van der Waals surface area contributed by atoms with E-state index in [0.29, 0.717) is 0 Å². The first kappa shape index (κ1) is 17.6. The van der Waals surface area contributed by atoms with Crippen LogP contribution in [0.2, 0.25) is 0 Å². The van der Waals surface area contributed by atoms with Crippen molar-refractivity contribution in [3.63, 3.8) is 0 Å². The van der Waals surface area contributed by atoms with Gasteiger partial charge in [-0.05, 0) is 0 Å². The van der Waals surface area contributed by atoms with Crippen LogP contribution in [0.3, 0.4) is 0 Å². The average Bonchev–Trinajstić information content (AvgIpc) is 0.918. The summed E-state index contributed by atoms with van der Waals surface area (Å²) in [5.74, 6) is 0. The minimum atomic E-state index is 0. The minimum absolute atomic E-state index is 0. The Labute approximate surface area is 45.9 Å². The summed E-state index contributed by atoms with van der Waals surface area (Å²) < 4.78 is 0. The molecule has 0 amide bonds. The molecule has 5 heavy (non-hydrogen) atoms. The van der Waals surface area contributed by atoms with Crippen LogP contribution >= 0.6 is 0 Å². The van der Waals surface area contributed by atoms with Gasteiger partial charge in [0.1, 0.15) is 0 Å². The van der Waals surface area contributed by atoms with Gasteiger partial charge in [0.05, 0.1) is 0 Å². The molecule has 0 aliphatic heterocycles. The fourth-order valence-corrected chi connectivity index (χ4v) is 0. The van der Waals surface area contributed by atoms with E-state index < -0.39 is 0 Å². The first-order chi connectivity index (χ1) is 1.41. The Morgan fingerprint density at radius 1 is 1.20 bits per heavy atom. The first-order valence-electron chi connectivity index (χ1n) is 1.15. The van der Waals surface area contributed by atoms with Crippen molar-refractivity contribution in [1.82, 2.24) is 6.15 Å². The van der Waals surface area contributed by atoms with E-state index >= 15 is 0 Å². The average molecular weight is 67.1 g/mol. The van der Waals surface area contributed by atoms with Crippen molar-refractivity contribution in [1.29, 1.82) is 0 Å². The standard InChI is InChI=1S/C3H7.Li.H3N/c1-3-2;;/h3H,1-2H3;;1H3/q-1;+1;. The van der Waals surface area contributed by atoms with Gasteiger partial charge in [0.2, 0.25) is 0 Å². The fourth-order valence-electron chi connectivity index (χ4n) is 0. The molecule has 0 atom stereocenters. The van der Waals surface area contributed by atoms with Crippen LogP contribution in [0, 0.1) is 6.42 Å². The maximum Gasteiger partial charge on any atom is 1.00 e. The summed E-state index contributed by atoms with van der Waals surface area (Å²) in [6, 6.07) is 0. The molecule has 0 heterocycles. The maximum absolute atomic E-state index is 2.00. The molecule has 0 aliphatic rings. The topological polar surface area (TPSA) is 35.0 Å². The maximum atomic E-state index is 2.00. The van der Waals surface area contributed by atoms with Crippen molar-refractivity contribution in [2.45, 2.75) is 13.8 Å². The first-order valence-corrected chi connectivity index (χ1v) is 1.15. The summed E-state index contributed by atoms with van der Waals surface area (Å²) in [5.41, 5.74) is 0. The molecule has 0 bridgehead atoms. The summed E-state index contributed by atoms with van der Waals surface area (Å²) >= 11 is 0. The molecule has 0 aromatic rings. The van der Waals surface area contributed by atoms with Crippen molar-refractivity contribution in [2.75, 3.05) is 0 Å². The van der Waals surface area contributed by atoms with Gasteiger partial charge in [-0.1, -0.05) is 0 Å². The van der Waals surface area contributed by atoms with Gasteiger partial charge in [0, 0.05) is 0 Å². The van der Waals surface area contributed by atoms with Crippen LogP contribution in [0.5, 0.6) is 0 Å². The summed E-state index contributed by atoms with van der Waals surface area (Å²) in [4.78, 5) is 0. The van der Waals surface area contributed by atoms with Crippen molar-refractivity contribution < 1.29 is 18.9 Å². The molecule has 0 unspecified atom stereocenters. The second-order valence-electron chi connectivity index (χ2n) is 0.577. The van der Waals surface area contributed by atoms with Gasteiger partial charge in [-0.2, -0.15) is 13.8 Å². The van der Waals surface area contributed by atoms with E-state index in [2.05, 4.69) is 0 Å². The molecule has 0 spiro atoms. The third kappa shape index (κ3) is 95.9. The van der Waals surface area contributed by atoms with Crippen LogP contribution in [0.25, 0.3) is 0 Å². The predicted octanol–water partition coefficient (Wildman–Crippen LogP) is -1.60. The second kappa shape index (κ2) is 23.8. The van der Waals surface area contributed by atoms with Crippen LogP contribution in [-0.4, -0.2) is 0 Å². The minimum Gasteiger partial charge on any atom is -0.344 e. The van der Waals surface area contributed by atoms with Gasteiger partial charge in [0.15, 0.2) is 0 Å². The summed E-state index contributed by atoms with van der Waals surface area (Å²) in [5, 5.41) is 0. The Hall–Kier alpha value is 0.557. The van der Waals surface area contributed by atoms with Crippen molar-refractivity contribution in [3.05, 3.63) is 6.42 Å². The van der Waals surface area contributed by atoms with E-state index in [4.69, 9.17) is 0 Å². The van der Waals surface area contributed by atoms with E-state index in [1.54, 1.807) is 0 Å². The Morgan fingerprint density at radius 2 is 1.20 bits per heavy atom. The molecule has 0 aliphatic carbocycles. The Bertz CT molecular complexity index is 6.85. The number of hydrogen-bond acceptors (Lipinski definition) is 1. The van der Waals surface area contributed by atoms with E-state index in [1.165, 1.54) is 0 Å². The van der Waals surface area contributed by atoms with E-state index in [9.17, 15) is 0 Å². The zero-order valence-corrected chi connectivity index (χ0v) is 4.28. The monoisotopic (exact) mass is 67.1 g/mol. The SMILES string of the molecule is C[CH-]C.N.[Li+]. The van der Waals surface area contributed by atoms with Crippen molar-refractivity contribution >= 4 is 0 Å². The molecule has 1 nitrogen and oxygen atoms in total. The molecule has 0 fully saturated rings. The van der Waals surface area contributed by atoms with Crippen LogP contribution in [0.15, 0.2) is 0 Å². The molecular weight excluding hydrogens is 57.0 g/mol. The van der Waals surface area contributed by atoms with Crippen LogP contribution in [0.4, 0.5) is 0 Å². The Balaban J connectivity index is -0.0000000200. The van der Waals surface area contributed by atoms with Gasteiger partial charge < -0.3 is 12.6 Å². The van der Waals surface area contributed by atoms with Crippen LogP contribution in [-0.2, 0) is 0 Å². The number of hydrogen-bond donors (Lipinski definition) is 1. The van der Waals surface area contributed by atoms with Gasteiger partial charge >= 0.3 is 18.9 Å². The van der Waals surface area contributed by atoms with Crippen LogP contribution in [0.1, 0.15) is 13.8 Å². The van der Waals surface area contributed by atoms with Crippen molar-refractivity contribution in [2.24, 2.45) is 0 Å². The molecule has 0 rings (SSSR count). The quantitative estimate of drug-likeness (QED) is 0.268. The van der Waals surface area contributed by atoms with Crippen molar-refractivity contribution in [3.8, 4) is 0 Å². The largest absolute Gasteiger partial charge is 1.00 e. The van der Waals surface area contributed by atoms with Gasteiger partial charge in [-0.3, -0.25) is 0 Å². The second-order valence-corrected chi connectivity index (χ2v) is 0.577. The number of rotatable bonds is 0. The summed E-state index contributed by atoms with van der Waals surface area (Å²) in [6.07, 6.45) is 2.00. The van der Waals surface area contributed by atoms with Gasteiger partial charge in [-0.25, -0.2) is 0 Å². The molecule has 0 radical (unpaired) electrons. The van der Waals surface area contributed by atoms with Gasteiger partial charge in [0.25, 0.3) is 0 Å². The fraction of sp³-hybridized carbons (Fsp3) is 0.667. The normalized spacial score (nSPS) is 3.60. The zero-order chi connectivity index (χ0) is 2.71. The molecule has 0 saturated heterocycles. The van der Waals surface area contributed by atoms with Gasteiger partial charge in [-0.15, -0.1) is 0 Å². The molecule has 0 aromatic heterocycles. The smallest absolute Gasteiger partial charge is 0.344 e. The molecule has 0 saturated carbocycles. The molecule has 3 N–H and O–H groups in total. The molecule has 0 aromatic carbocycles.